The molecule has 2 aromatic rings. The molecular formula is C18H21N3O4. The predicted molar refractivity (Wildman–Crippen MR) is 88.6 cm³/mol. The van der Waals surface area contributed by atoms with Gasteiger partial charge in [0.05, 0.1) is 19.8 Å². The van der Waals surface area contributed by atoms with Crippen LogP contribution in [-0.4, -0.2) is 53.4 Å². The van der Waals surface area contributed by atoms with Gasteiger partial charge in [0, 0.05) is 12.1 Å². The van der Waals surface area contributed by atoms with Crippen molar-refractivity contribution in [3.63, 3.8) is 0 Å². The lowest BCUT2D eigenvalue weighted by molar-refractivity contribution is -0.162. The van der Waals surface area contributed by atoms with E-state index in [1.54, 1.807) is 0 Å². The molecule has 2 saturated heterocycles. The van der Waals surface area contributed by atoms with Gasteiger partial charge in [-0.3, -0.25) is 4.79 Å². The first-order valence-electron chi connectivity index (χ1n) is 8.72. The minimum Gasteiger partial charge on any atom is -0.376 e. The molecule has 4 rings (SSSR count). The Balaban J connectivity index is 1.55. The van der Waals surface area contributed by atoms with Crippen molar-refractivity contribution in [3.8, 4) is 11.4 Å². The van der Waals surface area contributed by atoms with E-state index in [1.807, 2.05) is 35.2 Å². The first kappa shape index (κ1) is 16.2. The number of carbonyl (C=O) groups is 1. The van der Waals surface area contributed by atoms with Crippen LogP contribution in [0.4, 0.5) is 0 Å². The normalized spacial score (nSPS) is 24.2. The number of benzene rings is 1. The maximum atomic E-state index is 12.8. The SMILES string of the molecule is O=C(C1COCCO1)N1CCCCC1c1nc(-c2ccccc2)no1. The quantitative estimate of drug-likeness (QED) is 0.850. The molecule has 2 aliphatic heterocycles. The lowest BCUT2D eigenvalue weighted by Crippen LogP contribution is -2.48. The third kappa shape index (κ3) is 3.43. The first-order valence-corrected chi connectivity index (χ1v) is 8.72. The predicted octanol–water partition coefficient (Wildman–Crippen LogP) is 2.21. The molecule has 3 heterocycles. The zero-order valence-corrected chi connectivity index (χ0v) is 14.0. The number of likely N-dealkylation sites (tertiary alicyclic amines) is 1. The topological polar surface area (TPSA) is 77.7 Å². The van der Waals surface area contributed by atoms with Gasteiger partial charge in [-0.25, -0.2) is 0 Å². The van der Waals surface area contributed by atoms with Crippen LogP contribution in [-0.2, 0) is 14.3 Å². The molecule has 25 heavy (non-hydrogen) atoms. The van der Waals surface area contributed by atoms with Gasteiger partial charge in [0.25, 0.3) is 5.91 Å². The summed E-state index contributed by atoms with van der Waals surface area (Å²) in [6, 6.07) is 9.48. The lowest BCUT2D eigenvalue weighted by atomic mass is 10.0. The van der Waals surface area contributed by atoms with Crippen LogP contribution in [0.5, 0.6) is 0 Å². The minimum atomic E-state index is -0.536. The number of piperidine rings is 1. The molecular weight excluding hydrogens is 322 g/mol. The largest absolute Gasteiger partial charge is 0.376 e. The van der Waals surface area contributed by atoms with Crippen LogP contribution < -0.4 is 0 Å². The van der Waals surface area contributed by atoms with Crippen LogP contribution in [0.3, 0.4) is 0 Å². The number of hydrogen-bond acceptors (Lipinski definition) is 6. The van der Waals surface area contributed by atoms with Crippen LogP contribution in [0.15, 0.2) is 34.9 Å². The minimum absolute atomic E-state index is 0.0520. The molecule has 0 N–H and O–H groups in total. The fourth-order valence-electron chi connectivity index (χ4n) is 3.34. The molecule has 1 aromatic carbocycles. The molecule has 0 saturated carbocycles. The van der Waals surface area contributed by atoms with E-state index in [0.29, 0.717) is 38.1 Å². The lowest BCUT2D eigenvalue weighted by Gasteiger charge is -2.36. The smallest absolute Gasteiger partial charge is 0.254 e. The van der Waals surface area contributed by atoms with Crippen LogP contribution >= 0.6 is 0 Å². The zero-order valence-electron chi connectivity index (χ0n) is 14.0. The van der Waals surface area contributed by atoms with E-state index in [2.05, 4.69) is 10.1 Å². The highest BCUT2D eigenvalue weighted by atomic mass is 16.6. The van der Waals surface area contributed by atoms with E-state index in [1.165, 1.54) is 0 Å². The van der Waals surface area contributed by atoms with Crippen molar-refractivity contribution in [1.29, 1.82) is 0 Å². The molecule has 2 fully saturated rings. The Morgan fingerprint density at radius 1 is 1.16 bits per heavy atom. The van der Waals surface area contributed by atoms with Crippen molar-refractivity contribution in [2.75, 3.05) is 26.4 Å². The van der Waals surface area contributed by atoms with Gasteiger partial charge in [-0.1, -0.05) is 35.5 Å². The number of carbonyl (C=O) groups excluding carboxylic acids is 1. The summed E-state index contributed by atoms with van der Waals surface area (Å²) in [4.78, 5) is 19.2. The average Bonchev–Trinajstić information content (AvgIpc) is 3.19. The van der Waals surface area contributed by atoms with Gasteiger partial charge < -0.3 is 18.9 Å². The van der Waals surface area contributed by atoms with Crippen LogP contribution in [0.1, 0.15) is 31.2 Å². The Labute approximate surface area is 145 Å². The van der Waals surface area contributed by atoms with Crippen molar-refractivity contribution >= 4 is 5.91 Å². The third-order valence-corrected chi connectivity index (χ3v) is 4.64. The molecule has 2 aliphatic rings. The second-order valence-electron chi connectivity index (χ2n) is 6.30. The van der Waals surface area contributed by atoms with Crippen molar-refractivity contribution in [3.05, 3.63) is 36.2 Å². The summed E-state index contributed by atoms with van der Waals surface area (Å²) < 4.78 is 16.4. The molecule has 0 bridgehead atoms. The van der Waals surface area contributed by atoms with E-state index < -0.39 is 6.10 Å². The molecule has 7 heteroatoms. The maximum Gasteiger partial charge on any atom is 0.254 e. The summed E-state index contributed by atoms with van der Waals surface area (Å²) in [5.74, 6) is 0.985. The van der Waals surface area contributed by atoms with E-state index in [0.717, 1.165) is 24.8 Å². The average molecular weight is 343 g/mol. The number of hydrogen-bond donors (Lipinski definition) is 0. The Bertz CT molecular complexity index is 712. The molecule has 2 atom stereocenters. The highest BCUT2D eigenvalue weighted by Gasteiger charge is 2.36. The molecule has 0 spiro atoms. The van der Waals surface area contributed by atoms with E-state index >= 15 is 0 Å². The summed E-state index contributed by atoms with van der Waals surface area (Å²) in [5.41, 5.74) is 0.898. The Morgan fingerprint density at radius 2 is 2.04 bits per heavy atom. The van der Waals surface area contributed by atoms with Crippen LogP contribution in [0.2, 0.25) is 0 Å². The van der Waals surface area contributed by atoms with E-state index in [9.17, 15) is 4.79 Å². The Morgan fingerprint density at radius 3 is 2.84 bits per heavy atom. The summed E-state index contributed by atoms with van der Waals surface area (Å²) in [6.45, 7) is 1.97. The van der Waals surface area contributed by atoms with Crippen molar-refractivity contribution < 1.29 is 18.8 Å². The molecule has 7 nitrogen and oxygen atoms in total. The molecule has 0 aliphatic carbocycles. The molecule has 132 valence electrons. The number of ether oxygens (including phenoxy) is 2. The van der Waals surface area contributed by atoms with Gasteiger partial charge in [-0.2, -0.15) is 4.98 Å². The monoisotopic (exact) mass is 343 g/mol. The summed E-state index contributed by atoms with van der Waals surface area (Å²) in [6.07, 6.45) is 2.27. The van der Waals surface area contributed by atoms with Gasteiger partial charge in [-0.15, -0.1) is 0 Å². The number of aromatic nitrogens is 2. The first-order chi connectivity index (χ1) is 12.3. The maximum absolute atomic E-state index is 12.8. The second-order valence-corrected chi connectivity index (χ2v) is 6.30. The fourth-order valence-corrected chi connectivity index (χ4v) is 3.34. The Hall–Kier alpha value is -2.25. The Kier molecular flexibility index (Phi) is 4.76. The second kappa shape index (κ2) is 7.33. The van der Waals surface area contributed by atoms with E-state index in [-0.39, 0.29) is 11.9 Å². The number of nitrogens with zero attached hydrogens (tertiary/aromatic N) is 3. The summed E-state index contributed by atoms with van der Waals surface area (Å²) in [7, 11) is 0. The van der Waals surface area contributed by atoms with Gasteiger partial charge in [-0.05, 0) is 19.3 Å². The number of rotatable bonds is 3. The fraction of sp³-hybridized carbons (Fsp3) is 0.500. The van der Waals surface area contributed by atoms with E-state index in [4.69, 9.17) is 14.0 Å². The van der Waals surface area contributed by atoms with Gasteiger partial charge in [0.2, 0.25) is 11.7 Å². The highest BCUT2D eigenvalue weighted by molar-refractivity contribution is 5.81. The van der Waals surface area contributed by atoms with Crippen molar-refractivity contribution in [2.24, 2.45) is 0 Å². The van der Waals surface area contributed by atoms with Gasteiger partial charge in [0.1, 0.15) is 6.04 Å². The molecule has 2 unspecified atom stereocenters. The zero-order chi connectivity index (χ0) is 17.1. The molecule has 0 radical (unpaired) electrons. The number of amides is 1. The van der Waals surface area contributed by atoms with Crippen molar-refractivity contribution in [2.45, 2.75) is 31.4 Å². The highest BCUT2D eigenvalue weighted by Crippen LogP contribution is 2.32. The van der Waals surface area contributed by atoms with Crippen LogP contribution in [0, 0.1) is 0 Å². The summed E-state index contributed by atoms with van der Waals surface area (Å²) >= 11 is 0. The standard InChI is InChI=1S/C18H21N3O4/c22-18(15-12-23-10-11-24-15)21-9-5-4-8-14(21)17-19-16(20-25-17)13-6-2-1-3-7-13/h1-3,6-7,14-15H,4-5,8-12H2. The third-order valence-electron chi connectivity index (χ3n) is 4.64. The molecule has 1 aromatic heterocycles. The molecule has 1 amide bonds. The van der Waals surface area contributed by atoms with Crippen LogP contribution in [0.25, 0.3) is 11.4 Å². The van der Waals surface area contributed by atoms with Gasteiger partial charge >= 0.3 is 0 Å². The van der Waals surface area contributed by atoms with Crippen molar-refractivity contribution in [1.82, 2.24) is 15.0 Å². The van der Waals surface area contributed by atoms with Gasteiger partial charge in [0.15, 0.2) is 6.10 Å². The summed E-state index contributed by atoms with van der Waals surface area (Å²) in [5, 5.41) is 4.09.